The van der Waals surface area contributed by atoms with Crippen LogP contribution in [0, 0.1) is 0 Å². The molecule has 0 aliphatic heterocycles. The number of hydrogen-bond donors (Lipinski definition) is 3. The minimum atomic E-state index is -0.414. The summed E-state index contributed by atoms with van der Waals surface area (Å²) in [6.07, 6.45) is 4.24. The molecule has 0 fully saturated rings. The van der Waals surface area contributed by atoms with Crippen LogP contribution in [0.1, 0.15) is 11.1 Å². The second-order valence-corrected chi connectivity index (χ2v) is 6.43. The summed E-state index contributed by atoms with van der Waals surface area (Å²) in [5.41, 5.74) is 3.66. The summed E-state index contributed by atoms with van der Waals surface area (Å²) >= 11 is 3.33. The number of halogens is 1. The molecule has 0 saturated heterocycles. The van der Waals surface area contributed by atoms with Gasteiger partial charge in [0.05, 0.1) is 11.4 Å². The van der Waals surface area contributed by atoms with Crippen molar-refractivity contribution in [2.24, 2.45) is 0 Å². The molecular formula is C21H17BrN2O2. The fraction of sp³-hybridized carbons (Fsp3) is 0. The molecule has 0 unspecified atom stereocenters. The highest BCUT2D eigenvalue weighted by Gasteiger charge is 2.07. The lowest BCUT2D eigenvalue weighted by Gasteiger charge is -2.09. The number of anilines is 2. The van der Waals surface area contributed by atoms with E-state index in [0.717, 1.165) is 4.47 Å². The van der Waals surface area contributed by atoms with Crippen LogP contribution in [-0.4, -0.2) is 11.1 Å². The van der Waals surface area contributed by atoms with Crippen molar-refractivity contribution >= 4 is 45.5 Å². The maximum absolute atomic E-state index is 11.7. The number of aromatic hydroxyl groups is 1. The van der Waals surface area contributed by atoms with Crippen LogP contribution >= 0.6 is 15.9 Å². The van der Waals surface area contributed by atoms with E-state index in [9.17, 15) is 9.90 Å². The minimum Gasteiger partial charge on any atom is -0.506 e. The standard InChI is InChI=1S/C13H11BrN2O2.C8H6/c14-9-5-1-2-6-10(9)15-13(18)16-11-7-3-4-8-12(11)17;1-2-7-4-5-8(3-1)6-7/h1-8,17H,(H2,15,16,18);1-6H. The summed E-state index contributed by atoms with van der Waals surface area (Å²) in [7, 11) is 0. The summed E-state index contributed by atoms with van der Waals surface area (Å²) in [5, 5.41) is 14.8. The van der Waals surface area contributed by atoms with Gasteiger partial charge in [-0.25, -0.2) is 4.79 Å². The number of phenolic OH excluding ortho intramolecular Hbond substituents is 1. The monoisotopic (exact) mass is 408 g/mol. The Balaban J connectivity index is 0.000000201. The third-order valence-electron chi connectivity index (χ3n) is 3.65. The molecule has 0 heterocycles. The molecule has 130 valence electrons. The average Bonchev–Trinajstić information content (AvgIpc) is 2.97. The van der Waals surface area contributed by atoms with Crippen LogP contribution in [0.2, 0.25) is 0 Å². The lowest BCUT2D eigenvalue weighted by atomic mass is 10.2. The van der Waals surface area contributed by atoms with E-state index < -0.39 is 6.03 Å². The summed E-state index contributed by atoms with van der Waals surface area (Å²) < 4.78 is 0.789. The van der Waals surface area contributed by atoms with E-state index in [-0.39, 0.29) is 5.75 Å². The van der Waals surface area contributed by atoms with Crippen LogP contribution in [0.15, 0.2) is 77.3 Å². The molecular weight excluding hydrogens is 392 g/mol. The number of nitrogens with one attached hydrogen (secondary N) is 2. The quantitative estimate of drug-likeness (QED) is 0.357. The van der Waals surface area contributed by atoms with Crippen molar-refractivity contribution < 1.29 is 9.90 Å². The number of carbonyl (C=O) groups excluding carboxylic acids is 1. The van der Waals surface area contributed by atoms with Gasteiger partial charge in [-0.05, 0) is 57.4 Å². The summed E-state index contributed by atoms with van der Waals surface area (Å²) in [6, 6.07) is 21.9. The van der Waals surface area contributed by atoms with Crippen molar-refractivity contribution in [2.75, 3.05) is 10.6 Å². The first kappa shape index (κ1) is 17.8. The molecule has 1 aliphatic carbocycles. The molecule has 4 nitrogen and oxygen atoms in total. The van der Waals surface area contributed by atoms with E-state index in [4.69, 9.17) is 0 Å². The molecule has 2 amide bonds. The number of hydrogen-bond acceptors (Lipinski definition) is 2. The van der Waals surface area contributed by atoms with Crippen LogP contribution in [0.3, 0.4) is 0 Å². The molecule has 3 N–H and O–H groups in total. The summed E-state index contributed by atoms with van der Waals surface area (Å²) in [4.78, 5) is 11.7. The Bertz CT molecular complexity index is 883. The van der Waals surface area contributed by atoms with Crippen molar-refractivity contribution in [1.82, 2.24) is 0 Å². The van der Waals surface area contributed by atoms with Gasteiger partial charge in [0, 0.05) is 4.47 Å². The van der Waals surface area contributed by atoms with E-state index >= 15 is 0 Å². The third kappa shape index (κ3) is 4.74. The van der Waals surface area contributed by atoms with Crippen LogP contribution in [0.5, 0.6) is 5.75 Å². The summed E-state index contributed by atoms with van der Waals surface area (Å²) in [5.74, 6) is 0.0276. The molecule has 0 atom stereocenters. The zero-order valence-electron chi connectivity index (χ0n) is 13.8. The molecule has 0 saturated carbocycles. The van der Waals surface area contributed by atoms with E-state index in [1.54, 1.807) is 24.3 Å². The predicted molar refractivity (Wildman–Crippen MR) is 110 cm³/mol. The van der Waals surface area contributed by atoms with Gasteiger partial charge >= 0.3 is 6.03 Å². The molecule has 3 aromatic rings. The van der Waals surface area contributed by atoms with E-state index in [0.29, 0.717) is 11.4 Å². The minimum absolute atomic E-state index is 0.0276. The van der Waals surface area contributed by atoms with Gasteiger partial charge < -0.3 is 15.7 Å². The van der Waals surface area contributed by atoms with Crippen molar-refractivity contribution in [1.29, 1.82) is 0 Å². The van der Waals surface area contributed by atoms with Gasteiger partial charge in [-0.15, -0.1) is 0 Å². The first-order valence-corrected chi connectivity index (χ1v) is 8.80. The average molecular weight is 409 g/mol. The van der Waals surface area contributed by atoms with Gasteiger partial charge in [0.2, 0.25) is 0 Å². The number of rotatable bonds is 2. The first-order chi connectivity index (χ1) is 12.6. The summed E-state index contributed by atoms with van der Waals surface area (Å²) in [6.45, 7) is 0. The van der Waals surface area contributed by atoms with Gasteiger partial charge in [0.25, 0.3) is 0 Å². The zero-order chi connectivity index (χ0) is 18.4. The molecule has 1 aliphatic rings. The third-order valence-corrected chi connectivity index (χ3v) is 4.34. The fourth-order valence-electron chi connectivity index (χ4n) is 2.38. The number of urea groups is 1. The first-order valence-electron chi connectivity index (χ1n) is 8.00. The number of phenols is 1. The Morgan fingerprint density at radius 3 is 1.96 bits per heavy atom. The molecule has 0 spiro atoms. The van der Waals surface area contributed by atoms with Crippen LogP contribution in [0.4, 0.5) is 16.2 Å². The lowest BCUT2D eigenvalue weighted by molar-refractivity contribution is 0.262. The van der Waals surface area contributed by atoms with E-state index in [2.05, 4.69) is 63.0 Å². The van der Waals surface area contributed by atoms with Crippen molar-refractivity contribution in [3.8, 4) is 5.75 Å². The molecule has 3 aromatic carbocycles. The molecule has 0 aromatic heterocycles. The molecule has 4 rings (SSSR count). The smallest absolute Gasteiger partial charge is 0.323 e. The number of fused-ring (bicyclic) bond motifs is 2. The fourth-order valence-corrected chi connectivity index (χ4v) is 2.76. The second-order valence-electron chi connectivity index (χ2n) is 5.58. The number of carbonyl (C=O) groups is 1. The Labute approximate surface area is 160 Å². The Kier molecular flexibility index (Phi) is 5.71. The highest BCUT2D eigenvalue weighted by Crippen LogP contribution is 2.24. The van der Waals surface area contributed by atoms with Crippen molar-refractivity contribution in [3.05, 3.63) is 88.4 Å². The molecule has 0 radical (unpaired) electrons. The van der Waals surface area contributed by atoms with E-state index in [1.165, 1.54) is 17.2 Å². The molecule has 2 bridgehead atoms. The van der Waals surface area contributed by atoms with Gasteiger partial charge in [-0.2, -0.15) is 0 Å². The molecule has 26 heavy (non-hydrogen) atoms. The van der Waals surface area contributed by atoms with Crippen molar-refractivity contribution in [2.45, 2.75) is 0 Å². The number of amides is 2. The van der Waals surface area contributed by atoms with Gasteiger partial charge in [-0.3, -0.25) is 0 Å². The van der Waals surface area contributed by atoms with Crippen LogP contribution in [-0.2, 0) is 0 Å². The number of benzene rings is 3. The van der Waals surface area contributed by atoms with Crippen LogP contribution in [0.25, 0.3) is 12.2 Å². The maximum Gasteiger partial charge on any atom is 0.323 e. The highest BCUT2D eigenvalue weighted by atomic mass is 79.9. The molecule has 5 heteroatoms. The Hall–Kier alpha value is -3.05. The van der Waals surface area contributed by atoms with Gasteiger partial charge in [0.1, 0.15) is 5.75 Å². The van der Waals surface area contributed by atoms with Gasteiger partial charge in [-0.1, -0.05) is 54.6 Å². The van der Waals surface area contributed by atoms with E-state index in [1.807, 2.05) is 18.2 Å². The van der Waals surface area contributed by atoms with Gasteiger partial charge in [0.15, 0.2) is 0 Å². The number of para-hydroxylation sites is 3. The van der Waals surface area contributed by atoms with Crippen molar-refractivity contribution in [3.63, 3.8) is 0 Å². The lowest BCUT2D eigenvalue weighted by Crippen LogP contribution is -2.19. The zero-order valence-corrected chi connectivity index (χ0v) is 15.4. The predicted octanol–water partition coefficient (Wildman–Crippen LogP) is 5.97. The highest BCUT2D eigenvalue weighted by molar-refractivity contribution is 9.10. The largest absolute Gasteiger partial charge is 0.506 e. The topological polar surface area (TPSA) is 61.4 Å². The van der Waals surface area contributed by atoms with Crippen LogP contribution < -0.4 is 10.6 Å². The second kappa shape index (κ2) is 8.36. The SMILES string of the molecule is C1=Cc2cccc1c2.O=C(Nc1ccccc1O)Nc1ccccc1Br. The Morgan fingerprint density at radius 2 is 1.35 bits per heavy atom. The normalized spacial score (nSPS) is 10.7. The maximum atomic E-state index is 11.7. The Morgan fingerprint density at radius 1 is 0.769 bits per heavy atom.